The molecule has 2 atom stereocenters. The molecule has 0 aromatic heterocycles. The predicted molar refractivity (Wildman–Crippen MR) is 85.2 cm³/mol. The van der Waals surface area contributed by atoms with Gasteiger partial charge in [0.25, 0.3) is 0 Å². The van der Waals surface area contributed by atoms with Gasteiger partial charge in [-0.05, 0) is 24.8 Å². The van der Waals surface area contributed by atoms with Crippen molar-refractivity contribution in [1.29, 1.82) is 0 Å². The molecular weight excluding hydrogens is 280 g/mol. The van der Waals surface area contributed by atoms with Crippen LogP contribution < -0.4 is 0 Å². The second-order valence-corrected chi connectivity index (χ2v) is 5.74. The number of esters is 2. The maximum absolute atomic E-state index is 11.9. The summed E-state index contributed by atoms with van der Waals surface area (Å²) in [5, 5.41) is 0. The van der Waals surface area contributed by atoms with E-state index in [2.05, 4.69) is 0 Å². The highest BCUT2D eigenvalue weighted by Crippen LogP contribution is 2.21. The Morgan fingerprint density at radius 1 is 0.955 bits per heavy atom. The molecule has 0 saturated heterocycles. The number of benzene rings is 1. The van der Waals surface area contributed by atoms with Gasteiger partial charge in [-0.15, -0.1) is 0 Å². The van der Waals surface area contributed by atoms with E-state index in [1.54, 1.807) is 0 Å². The van der Waals surface area contributed by atoms with Gasteiger partial charge in [0, 0.05) is 0 Å². The van der Waals surface area contributed by atoms with E-state index in [0.29, 0.717) is 6.42 Å². The van der Waals surface area contributed by atoms with E-state index in [-0.39, 0.29) is 42.9 Å². The van der Waals surface area contributed by atoms with Crippen LogP contribution in [0.2, 0.25) is 0 Å². The lowest BCUT2D eigenvalue weighted by atomic mass is 10.1. The minimum absolute atomic E-state index is 0.0486. The molecule has 1 aromatic carbocycles. The molecule has 22 heavy (non-hydrogen) atoms. The van der Waals surface area contributed by atoms with Crippen molar-refractivity contribution < 1.29 is 19.1 Å². The van der Waals surface area contributed by atoms with Gasteiger partial charge in [0.2, 0.25) is 0 Å². The van der Waals surface area contributed by atoms with Crippen molar-refractivity contribution in [3.05, 3.63) is 35.9 Å². The van der Waals surface area contributed by atoms with Gasteiger partial charge in [-0.1, -0.05) is 51.1 Å². The van der Waals surface area contributed by atoms with Gasteiger partial charge in [-0.3, -0.25) is 9.59 Å². The van der Waals surface area contributed by atoms with Gasteiger partial charge >= 0.3 is 11.9 Å². The molecule has 0 bridgehead atoms. The van der Waals surface area contributed by atoms with Gasteiger partial charge in [0.05, 0.1) is 12.8 Å². The molecule has 0 spiro atoms. The Kier molecular flexibility index (Phi) is 7.64. The zero-order chi connectivity index (χ0) is 16.5. The molecule has 0 saturated carbocycles. The summed E-state index contributed by atoms with van der Waals surface area (Å²) in [4.78, 5) is 23.5. The third kappa shape index (κ3) is 6.29. The summed E-state index contributed by atoms with van der Waals surface area (Å²) >= 11 is 0. The number of rotatable bonds is 8. The molecule has 0 amide bonds. The van der Waals surface area contributed by atoms with Crippen LogP contribution in [0.15, 0.2) is 30.3 Å². The standard InChI is InChI=1S/C18H26O4/c1-5-16(15-9-7-6-8-10-15)22-18(20)12-11-17(19)21-14(4)13(2)3/h6-10,13-14,16H,5,11-12H2,1-4H3. The highest BCUT2D eigenvalue weighted by Gasteiger charge is 2.18. The van der Waals surface area contributed by atoms with Crippen molar-refractivity contribution in [3.63, 3.8) is 0 Å². The van der Waals surface area contributed by atoms with E-state index in [1.165, 1.54) is 0 Å². The van der Waals surface area contributed by atoms with Crippen molar-refractivity contribution in [1.82, 2.24) is 0 Å². The molecule has 122 valence electrons. The first-order valence-corrected chi connectivity index (χ1v) is 7.88. The summed E-state index contributed by atoms with van der Waals surface area (Å²) in [7, 11) is 0. The Hall–Kier alpha value is -1.84. The third-order valence-electron chi connectivity index (χ3n) is 3.61. The Balaban J connectivity index is 2.41. The molecule has 0 N–H and O–H groups in total. The normalized spacial score (nSPS) is 13.5. The van der Waals surface area contributed by atoms with Crippen molar-refractivity contribution in [2.24, 2.45) is 5.92 Å². The molecule has 4 nitrogen and oxygen atoms in total. The first kappa shape index (κ1) is 18.2. The van der Waals surface area contributed by atoms with Gasteiger partial charge in [0.15, 0.2) is 0 Å². The van der Waals surface area contributed by atoms with E-state index >= 15 is 0 Å². The van der Waals surface area contributed by atoms with Gasteiger partial charge < -0.3 is 9.47 Å². The lowest BCUT2D eigenvalue weighted by Gasteiger charge is -2.18. The molecule has 2 unspecified atom stereocenters. The fourth-order valence-corrected chi connectivity index (χ4v) is 1.88. The van der Waals surface area contributed by atoms with Crippen LogP contribution in [0.5, 0.6) is 0 Å². The molecule has 0 aliphatic rings. The van der Waals surface area contributed by atoms with E-state index in [4.69, 9.17) is 9.47 Å². The van der Waals surface area contributed by atoms with Crippen LogP contribution in [-0.2, 0) is 19.1 Å². The van der Waals surface area contributed by atoms with Crippen molar-refractivity contribution in [2.45, 2.75) is 59.2 Å². The SMILES string of the molecule is CCC(OC(=O)CCC(=O)OC(C)C(C)C)c1ccccc1. The van der Waals surface area contributed by atoms with Crippen molar-refractivity contribution in [2.75, 3.05) is 0 Å². The summed E-state index contributed by atoms with van der Waals surface area (Å²) in [6, 6.07) is 9.61. The minimum atomic E-state index is -0.371. The smallest absolute Gasteiger partial charge is 0.306 e. The number of hydrogen-bond donors (Lipinski definition) is 0. The topological polar surface area (TPSA) is 52.6 Å². The predicted octanol–water partition coefficient (Wildman–Crippen LogP) is 4.05. The second-order valence-electron chi connectivity index (χ2n) is 5.74. The van der Waals surface area contributed by atoms with Crippen LogP contribution in [0.3, 0.4) is 0 Å². The Bertz CT molecular complexity index is 467. The fourth-order valence-electron chi connectivity index (χ4n) is 1.88. The largest absolute Gasteiger partial charge is 0.462 e. The molecule has 1 rings (SSSR count). The lowest BCUT2D eigenvalue weighted by molar-refractivity contribution is -0.156. The molecule has 0 aliphatic heterocycles. The summed E-state index contributed by atoms with van der Waals surface area (Å²) in [6.07, 6.45) is 0.397. The Labute approximate surface area is 132 Å². The summed E-state index contributed by atoms with van der Waals surface area (Å²) in [6.45, 7) is 7.78. The Morgan fingerprint density at radius 2 is 1.50 bits per heavy atom. The van der Waals surface area contributed by atoms with Crippen LogP contribution in [0.25, 0.3) is 0 Å². The maximum Gasteiger partial charge on any atom is 0.306 e. The van der Waals surface area contributed by atoms with E-state index in [0.717, 1.165) is 5.56 Å². The monoisotopic (exact) mass is 306 g/mol. The molecule has 1 aromatic rings. The first-order valence-electron chi connectivity index (χ1n) is 7.88. The summed E-state index contributed by atoms with van der Waals surface area (Å²) < 4.78 is 10.7. The van der Waals surface area contributed by atoms with Gasteiger partial charge in [-0.2, -0.15) is 0 Å². The zero-order valence-corrected chi connectivity index (χ0v) is 13.9. The van der Waals surface area contributed by atoms with Crippen LogP contribution in [0.1, 0.15) is 58.6 Å². The molecule has 0 radical (unpaired) electrons. The van der Waals surface area contributed by atoms with E-state index < -0.39 is 0 Å². The van der Waals surface area contributed by atoms with E-state index in [1.807, 2.05) is 58.0 Å². The van der Waals surface area contributed by atoms with Crippen molar-refractivity contribution >= 4 is 11.9 Å². The number of carbonyl (C=O) groups excluding carboxylic acids is 2. The Morgan fingerprint density at radius 3 is 2.00 bits per heavy atom. The van der Waals surface area contributed by atoms with Crippen LogP contribution in [-0.4, -0.2) is 18.0 Å². The number of carbonyl (C=O) groups is 2. The first-order chi connectivity index (χ1) is 10.4. The van der Waals surface area contributed by atoms with Gasteiger partial charge in [-0.25, -0.2) is 0 Å². The average molecular weight is 306 g/mol. The highest BCUT2D eigenvalue weighted by atomic mass is 16.5. The molecule has 0 fully saturated rings. The highest BCUT2D eigenvalue weighted by molar-refractivity contribution is 5.77. The zero-order valence-electron chi connectivity index (χ0n) is 13.9. The average Bonchev–Trinajstić information content (AvgIpc) is 2.51. The fraction of sp³-hybridized carbons (Fsp3) is 0.556. The molecular formula is C18H26O4. The molecule has 0 heterocycles. The van der Waals surface area contributed by atoms with Crippen LogP contribution >= 0.6 is 0 Å². The molecule has 4 heteroatoms. The molecule has 0 aliphatic carbocycles. The quantitative estimate of drug-likeness (QED) is 0.680. The minimum Gasteiger partial charge on any atom is -0.462 e. The van der Waals surface area contributed by atoms with E-state index in [9.17, 15) is 9.59 Å². The lowest BCUT2D eigenvalue weighted by Crippen LogP contribution is -2.21. The third-order valence-corrected chi connectivity index (χ3v) is 3.61. The number of hydrogen-bond acceptors (Lipinski definition) is 4. The van der Waals surface area contributed by atoms with Crippen LogP contribution in [0, 0.1) is 5.92 Å². The summed E-state index contributed by atoms with van der Waals surface area (Å²) in [5.41, 5.74) is 0.967. The maximum atomic E-state index is 11.9. The van der Waals surface area contributed by atoms with Gasteiger partial charge in [0.1, 0.15) is 12.2 Å². The summed E-state index contributed by atoms with van der Waals surface area (Å²) in [5.74, 6) is -0.464. The number of ether oxygens (including phenoxy) is 2. The van der Waals surface area contributed by atoms with Crippen LogP contribution in [0.4, 0.5) is 0 Å². The second kappa shape index (κ2) is 9.23. The van der Waals surface area contributed by atoms with Crippen molar-refractivity contribution in [3.8, 4) is 0 Å².